The molecule has 7 nitrogen and oxygen atoms in total. The molecular formula is C26H32N2O5. The third-order valence-corrected chi connectivity index (χ3v) is 6.12. The minimum absolute atomic E-state index is 0.00134. The molecule has 0 spiro atoms. The minimum Gasteiger partial charge on any atom is -0.481 e. The summed E-state index contributed by atoms with van der Waals surface area (Å²) in [5.74, 6) is -1.89. The van der Waals surface area contributed by atoms with E-state index < -0.39 is 24.0 Å². The highest BCUT2D eigenvalue weighted by atomic mass is 16.5. The molecule has 0 aliphatic heterocycles. The molecule has 0 aromatic heterocycles. The van der Waals surface area contributed by atoms with E-state index in [1.165, 1.54) is 11.1 Å². The second-order valence-corrected chi connectivity index (χ2v) is 8.82. The van der Waals surface area contributed by atoms with Gasteiger partial charge in [-0.15, -0.1) is 0 Å². The number of ether oxygens (including phenoxy) is 1. The van der Waals surface area contributed by atoms with Crippen LogP contribution in [0.4, 0.5) is 4.79 Å². The van der Waals surface area contributed by atoms with Crippen molar-refractivity contribution in [3.05, 3.63) is 59.7 Å². The van der Waals surface area contributed by atoms with Crippen LogP contribution in [0.15, 0.2) is 48.5 Å². The van der Waals surface area contributed by atoms with Crippen molar-refractivity contribution in [3.63, 3.8) is 0 Å². The van der Waals surface area contributed by atoms with Gasteiger partial charge in [0.15, 0.2) is 0 Å². The molecule has 2 aromatic carbocycles. The van der Waals surface area contributed by atoms with Gasteiger partial charge < -0.3 is 20.5 Å². The van der Waals surface area contributed by atoms with E-state index >= 15 is 0 Å². The number of alkyl carbamates (subject to hydrolysis) is 1. The molecule has 2 atom stereocenters. The van der Waals surface area contributed by atoms with E-state index in [1.54, 1.807) is 6.92 Å². The molecule has 0 fully saturated rings. The zero-order valence-electron chi connectivity index (χ0n) is 19.3. The monoisotopic (exact) mass is 452 g/mol. The van der Waals surface area contributed by atoms with Gasteiger partial charge in [0.1, 0.15) is 6.61 Å². The molecule has 3 N–H and O–H groups in total. The molecule has 0 heterocycles. The van der Waals surface area contributed by atoms with Crippen LogP contribution in [-0.4, -0.2) is 42.3 Å². The highest BCUT2D eigenvalue weighted by molar-refractivity contribution is 5.79. The van der Waals surface area contributed by atoms with Crippen molar-refractivity contribution in [1.29, 1.82) is 0 Å². The first-order chi connectivity index (χ1) is 15.8. The van der Waals surface area contributed by atoms with Gasteiger partial charge in [0.25, 0.3) is 0 Å². The van der Waals surface area contributed by atoms with Gasteiger partial charge >= 0.3 is 12.1 Å². The van der Waals surface area contributed by atoms with Crippen LogP contribution in [-0.2, 0) is 14.3 Å². The summed E-state index contributed by atoms with van der Waals surface area (Å²) in [5, 5.41) is 14.8. The van der Waals surface area contributed by atoms with Gasteiger partial charge in [-0.25, -0.2) is 4.79 Å². The second-order valence-electron chi connectivity index (χ2n) is 8.82. The van der Waals surface area contributed by atoms with Crippen molar-refractivity contribution >= 4 is 18.0 Å². The van der Waals surface area contributed by atoms with Crippen LogP contribution in [0.2, 0.25) is 0 Å². The van der Waals surface area contributed by atoms with E-state index in [1.807, 2.05) is 38.1 Å². The van der Waals surface area contributed by atoms with Crippen LogP contribution in [0, 0.1) is 11.8 Å². The number of benzene rings is 2. The average molecular weight is 453 g/mol. The van der Waals surface area contributed by atoms with Gasteiger partial charge in [-0.1, -0.05) is 62.4 Å². The van der Waals surface area contributed by atoms with Gasteiger partial charge in [-0.3, -0.25) is 9.59 Å². The third-order valence-electron chi connectivity index (χ3n) is 6.12. The van der Waals surface area contributed by atoms with Crippen LogP contribution in [0.3, 0.4) is 0 Å². The number of fused-ring (bicyclic) bond motifs is 3. The number of amides is 2. The normalized spacial score (nSPS) is 14.2. The summed E-state index contributed by atoms with van der Waals surface area (Å²) in [7, 11) is 0. The van der Waals surface area contributed by atoms with Gasteiger partial charge in [0, 0.05) is 24.9 Å². The molecule has 0 radical (unpaired) electrons. The fourth-order valence-corrected chi connectivity index (χ4v) is 4.58. The highest BCUT2D eigenvalue weighted by Gasteiger charge is 2.30. The van der Waals surface area contributed by atoms with Crippen molar-refractivity contribution in [3.8, 4) is 11.1 Å². The summed E-state index contributed by atoms with van der Waals surface area (Å²) in [5.41, 5.74) is 4.65. The predicted octanol–water partition coefficient (Wildman–Crippen LogP) is 4.17. The molecule has 2 amide bonds. The zero-order valence-corrected chi connectivity index (χ0v) is 19.3. The number of nitrogens with one attached hydrogen (secondary N) is 2. The van der Waals surface area contributed by atoms with E-state index in [4.69, 9.17) is 4.74 Å². The Morgan fingerprint density at radius 1 is 0.970 bits per heavy atom. The Kier molecular flexibility index (Phi) is 8.09. The first-order valence-corrected chi connectivity index (χ1v) is 11.4. The highest BCUT2D eigenvalue weighted by Crippen LogP contribution is 2.44. The largest absolute Gasteiger partial charge is 0.481 e. The molecule has 176 valence electrons. The fraction of sp³-hybridized carbons (Fsp3) is 0.423. The molecule has 2 aromatic rings. The minimum atomic E-state index is -0.922. The van der Waals surface area contributed by atoms with Crippen LogP contribution in [0.5, 0.6) is 0 Å². The molecule has 2 unspecified atom stereocenters. The van der Waals surface area contributed by atoms with Crippen molar-refractivity contribution in [2.24, 2.45) is 11.8 Å². The summed E-state index contributed by atoms with van der Waals surface area (Å²) in [6.07, 6.45) is 0.108. The molecule has 7 heteroatoms. The van der Waals surface area contributed by atoms with Gasteiger partial charge in [-0.05, 0) is 41.5 Å². The number of carboxylic acid groups (broad SMARTS) is 1. The van der Waals surface area contributed by atoms with Gasteiger partial charge in [0.05, 0.1) is 5.92 Å². The lowest BCUT2D eigenvalue weighted by Gasteiger charge is -2.24. The number of rotatable bonds is 10. The average Bonchev–Trinajstić information content (AvgIpc) is 3.08. The number of hydrogen-bond acceptors (Lipinski definition) is 4. The van der Waals surface area contributed by atoms with Gasteiger partial charge in [-0.2, -0.15) is 0 Å². The van der Waals surface area contributed by atoms with E-state index in [2.05, 4.69) is 34.9 Å². The molecule has 0 saturated heterocycles. The molecular weight excluding hydrogens is 420 g/mol. The molecule has 33 heavy (non-hydrogen) atoms. The lowest BCUT2D eigenvalue weighted by Crippen LogP contribution is -2.43. The quantitative estimate of drug-likeness (QED) is 0.470. The standard InChI is InChI=1S/C26H32N2O5/c1-16(2)24(25(30)31)17(3)28-23(29)13-8-14-27-26(32)33-15-22-20-11-6-4-9-18(20)19-10-5-7-12-21(19)22/h4-7,9-12,16-17,22,24H,8,13-15H2,1-3H3,(H,27,32)(H,28,29)(H,30,31). The topological polar surface area (TPSA) is 105 Å². The van der Waals surface area contributed by atoms with E-state index in [-0.39, 0.29) is 30.8 Å². The Hall–Kier alpha value is -3.35. The summed E-state index contributed by atoms with van der Waals surface area (Å²) in [6, 6.07) is 15.8. The predicted molar refractivity (Wildman–Crippen MR) is 126 cm³/mol. The molecule has 1 aliphatic carbocycles. The van der Waals surface area contributed by atoms with Crippen LogP contribution in [0.1, 0.15) is 50.7 Å². The maximum absolute atomic E-state index is 12.2. The maximum atomic E-state index is 12.2. The second kappa shape index (κ2) is 11.0. The number of carboxylic acids is 1. The first kappa shape index (κ1) is 24.3. The Bertz CT molecular complexity index is 958. The van der Waals surface area contributed by atoms with E-state index in [0.29, 0.717) is 13.0 Å². The first-order valence-electron chi connectivity index (χ1n) is 11.4. The number of aliphatic carboxylic acids is 1. The molecule has 0 saturated carbocycles. The van der Waals surface area contributed by atoms with Crippen molar-refractivity contribution in [2.45, 2.75) is 45.6 Å². The van der Waals surface area contributed by atoms with Crippen molar-refractivity contribution < 1.29 is 24.2 Å². The Labute approximate surface area is 194 Å². The Morgan fingerprint density at radius 3 is 2.09 bits per heavy atom. The summed E-state index contributed by atoms with van der Waals surface area (Å²) >= 11 is 0. The van der Waals surface area contributed by atoms with Crippen molar-refractivity contribution in [2.75, 3.05) is 13.2 Å². The zero-order chi connectivity index (χ0) is 24.0. The Balaban J connectivity index is 1.41. The SMILES string of the molecule is CC(C)C(C(=O)O)C(C)NC(=O)CCCNC(=O)OCC1c2ccccc2-c2ccccc21. The van der Waals surface area contributed by atoms with E-state index in [0.717, 1.165) is 11.1 Å². The molecule has 0 bridgehead atoms. The maximum Gasteiger partial charge on any atom is 0.407 e. The van der Waals surface area contributed by atoms with Gasteiger partial charge in [0.2, 0.25) is 5.91 Å². The molecule has 3 rings (SSSR count). The number of hydrogen-bond donors (Lipinski definition) is 3. The lowest BCUT2D eigenvalue weighted by atomic mass is 9.89. The van der Waals surface area contributed by atoms with Crippen molar-refractivity contribution in [1.82, 2.24) is 10.6 Å². The summed E-state index contributed by atoms with van der Waals surface area (Å²) in [6.45, 7) is 5.87. The number of carbonyl (C=O) groups excluding carboxylic acids is 2. The van der Waals surface area contributed by atoms with Crippen LogP contribution < -0.4 is 10.6 Å². The summed E-state index contributed by atoms with van der Waals surface area (Å²) in [4.78, 5) is 35.7. The van der Waals surface area contributed by atoms with Crippen LogP contribution in [0.25, 0.3) is 11.1 Å². The Morgan fingerprint density at radius 2 is 1.55 bits per heavy atom. The third kappa shape index (κ3) is 5.92. The summed E-state index contributed by atoms with van der Waals surface area (Å²) < 4.78 is 5.48. The lowest BCUT2D eigenvalue weighted by molar-refractivity contribution is -0.144. The number of carbonyl (C=O) groups is 3. The van der Waals surface area contributed by atoms with E-state index in [9.17, 15) is 19.5 Å². The molecule has 1 aliphatic rings. The van der Waals surface area contributed by atoms with Crippen LogP contribution >= 0.6 is 0 Å². The fourth-order valence-electron chi connectivity index (χ4n) is 4.58. The smallest absolute Gasteiger partial charge is 0.407 e.